The predicted molar refractivity (Wildman–Crippen MR) is 82.2 cm³/mol. The molecule has 134 valence electrons. The first-order valence-corrected chi connectivity index (χ1v) is 8.11. The van der Waals surface area contributed by atoms with Gasteiger partial charge in [0, 0.05) is 6.42 Å². The molecule has 2 rings (SSSR count). The average Bonchev–Trinajstić information content (AvgIpc) is 2.52. The molecule has 24 heavy (non-hydrogen) atoms. The van der Waals surface area contributed by atoms with Crippen LogP contribution in [0.1, 0.15) is 50.0 Å². The van der Waals surface area contributed by atoms with Crippen molar-refractivity contribution in [1.29, 1.82) is 0 Å². The van der Waals surface area contributed by atoms with Gasteiger partial charge in [0.1, 0.15) is 5.75 Å². The molecule has 0 aromatic heterocycles. The van der Waals surface area contributed by atoms with Gasteiger partial charge in [0.05, 0.1) is 0 Å². The fraction of sp³-hybridized carbons (Fsp3) is 0.556. The summed E-state index contributed by atoms with van der Waals surface area (Å²) in [7, 11) is 0. The second-order valence-corrected chi connectivity index (χ2v) is 6.14. The zero-order valence-corrected chi connectivity index (χ0v) is 13.2. The maximum Gasteiger partial charge on any atom is 0.389 e. The second-order valence-electron chi connectivity index (χ2n) is 6.14. The minimum atomic E-state index is -4.10. The maximum atomic E-state index is 12.1. The first-order chi connectivity index (χ1) is 11.3. The summed E-state index contributed by atoms with van der Waals surface area (Å²) in [4.78, 5) is 0. The van der Waals surface area contributed by atoms with E-state index in [-0.39, 0.29) is 12.2 Å². The van der Waals surface area contributed by atoms with E-state index in [4.69, 9.17) is 0 Å². The Morgan fingerprint density at radius 1 is 1.04 bits per heavy atom. The van der Waals surface area contributed by atoms with E-state index in [1.54, 1.807) is 18.2 Å². The molecular weight excluding hydrogens is 327 g/mol. The van der Waals surface area contributed by atoms with Gasteiger partial charge in [-0.1, -0.05) is 24.3 Å². The molecule has 1 fully saturated rings. The number of allylic oxidation sites excluding steroid dienone is 2. The molecule has 1 aliphatic rings. The summed E-state index contributed by atoms with van der Waals surface area (Å²) in [6.07, 6.45) is 2.47. The van der Waals surface area contributed by atoms with Crippen molar-refractivity contribution in [2.75, 3.05) is 0 Å². The van der Waals surface area contributed by atoms with Crippen molar-refractivity contribution in [3.05, 3.63) is 42.0 Å². The molecule has 1 aromatic rings. The van der Waals surface area contributed by atoms with Crippen LogP contribution in [0, 0.1) is 5.92 Å². The van der Waals surface area contributed by atoms with Crippen molar-refractivity contribution in [3.63, 3.8) is 0 Å². The quantitative estimate of drug-likeness (QED) is 0.423. The minimum absolute atomic E-state index is 0.0367. The molecule has 0 radical (unpaired) electrons. The lowest BCUT2D eigenvalue weighted by Gasteiger charge is -2.27. The number of benzene rings is 1. The first kappa shape index (κ1) is 18.7. The van der Waals surface area contributed by atoms with Gasteiger partial charge in [-0.2, -0.15) is 22.0 Å². The Morgan fingerprint density at radius 3 is 2.21 bits per heavy atom. The molecule has 0 bridgehead atoms. The van der Waals surface area contributed by atoms with Crippen LogP contribution < -0.4 is 4.74 Å². The van der Waals surface area contributed by atoms with Gasteiger partial charge in [-0.25, -0.2) is 0 Å². The van der Waals surface area contributed by atoms with Crippen molar-refractivity contribution in [3.8, 4) is 5.75 Å². The molecule has 0 saturated heterocycles. The van der Waals surface area contributed by atoms with Crippen LogP contribution in [-0.2, 0) is 0 Å². The lowest BCUT2D eigenvalue weighted by molar-refractivity contribution is -0.133. The molecule has 0 N–H and O–H groups in total. The minimum Gasteiger partial charge on any atom is -0.435 e. The highest BCUT2D eigenvalue weighted by atomic mass is 19.4. The van der Waals surface area contributed by atoms with E-state index in [1.807, 2.05) is 18.2 Å². The van der Waals surface area contributed by atoms with Crippen LogP contribution in [-0.4, -0.2) is 12.8 Å². The Bertz CT molecular complexity index is 513. The molecule has 0 amide bonds. The van der Waals surface area contributed by atoms with E-state index in [2.05, 4.69) is 4.74 Å². The van der Waals surface area contributed by atoms with Crippen LogP contribution in [0.15, 0.2) is 36.4 Å². The zero-order valence-electron chi connectivity index (χ0n) is 13.2. The van der Waals surface area contributed by atoms with Crippen LogP contribution in [0.5, 0.6) is 5.75 Å². The standard InChI is InChI=1S/C18H21F5O/c19-17(20)24-16-10-8-15(9-11-16)14-6-4-13(5-7-14)3-1-2-12-18(21,22)23/h1,3,8-11,13-14,17H,2,4-7,12H2. The third-order valence-electron chi connectivity index (χ3n) is 4.35. The smallest absolute Gasteiger partial charge is 0.389 e. The van der Waals surface area contributed by atoms with Crippen molar-refractivity contribution in [2.24, 2.45) is 5.92 Å². The van der Waals surface area contributed by atoms with Crippen molar-refractivity contribution in [2.45, 2.75) is 57.2 Å². The van der Waals surface area contributed by atoms with Crippen molar-refractivity contribution < 1.29 is 26.7 Å². The van der Waals surface area contributed by atoms with Crippen molar-refractivity contribution in [1.82, 2.24) is 0 Å². The van der Waals surface area contributed by atoms with Gasteiger partial charge < -0.3 is 4.74 Å². The lowest BCUT2D eigenvalue weighted by Crippen LogP contribution is -2.12. The van der Waals surface area contributed by atoms with Crippen LogP contribution >= 0.6 is 0 Å². The molecule has 0 aliphatic heterocycles. The Kier molecular flexibility index (Phi) is 6.63. The molecule has 0 spiro atoms. The molecule has 0 atom stereocenters. The van der Waals surface area contributed by atoms with Gasteiger partial charge in [-0.3, -0.25) is 0 Å². The summed E-state index contributed by atoms with van der Waals surface area (Å²) in [5, 5.41) is 0. The van der Waals surface area contributed by atoms with Crippen LogP contribution in [0.4, 0.5) is 22.0 Å². The van der Waals surface area contributed by atoms with Crippen molar-refractivity contribution >= 4 is 0 Å². The third-order valence-corrected chi connectivity index (χ3v) is 4.35. The summed E-state index contributed by atoms with van der Waals surface area (Å²) in [5.74, 6) is 0.844. The summed E-state index contributed by atoms with van der Waals surface area (Å²) < 4.78 is 64.8. The van der Waals surface area contributed by atoms with E-state index in [1.165, 1.54) is 0 Å². The van der Waals surface area contributed by atoms with Crippen LogP contribution in [0.3, 0.4) is 0 Å². The number of ether oxygens (including phenoxy) is 1. The maximum absolute atomic E-state index is 12.1. The SMILES string of the molecule is FC(F)Oc1ccc(C2CCC(C=CCCC(F)(F)F)CC2)cc1. The first-order valence-electron chi connectivity index (χ1n) is 8.11. The van der Waals surface area contributed by atoms with E-state index in [0.29, 0.717) is 11.8 Å². The summed E-state index contributed by atoms with van der Waals surface area (Å²) in [6, 6.07) is 6.71. The Morgan fingerprint density at radius 2 is 1.67 bits per heavy atom. The normalized spacial score (nSPS) is 22.2. The van der Waals surface area contributed by atoms with Gasteiger partial charge >= 0.3 is 12.8 Å². The van der Waals surface area contributed by atoms with E-state index < -0.39 is 19.2 Å². The number of hydrogen-bond donors (Lipinski definition) is 0. The lowest BCUT2D eigenvalue weighted by atomic mass is 9.78. The molecule has 1 aliphatic carbocycles. The average molecular weight is 348 g/mol. The number of halogens is 5. The molecule has 1 nitrogen and oxygen atoms in total. The molecule has 1 saturated carbocycles. The predicted octanol–water partition coefficient (Wildman–Crippen LogP) is 6.46. The zero-order chi connectivity index (χ0) is 17.6. The van der Waals surface area contributed by atoms with Crippen LogP contribution in [0.25, 0.3) is 0 Å². The Balaban J connectivity index is 1.77. The largest absolute Gasteiger partial charge is 0.435 e. The van der Waals surface area contributed by atoms with Gasteiger partial charge in [0.15, 0.2) is 0 Å². The van der Waals surface area contributed by atoms with E-state index in [0.717, 1.165) is 31.2 Å². The Hall–Kier alpha value is -1.59. The van der Waals surface area contributed by atoms with E-state index in [9.17, 15) is 22.0 Å². The highest BCUT2D eigenvalue weighted by Crippen LogP contribution is 2.37. The Labute approximate surface area is 138 Å². The number of rotatable bonds is 6. The summed E-state index contributed by atoms with van der Waals surface area (Å²) >= 11 is 0. The number of alkyl halides is 5. The third kappa shape index (κ3) is 6.49. The molecule has 0 heterocycles. The monoisotopic (exact) mass is 348 g/mol. The fourth-order valence-electron chi connectivity index (χ4n) is 3.10. The highest BCUT2D eigenvalue weighted by Gasteiger charge is 2.25. The molecule has 0 unspecified atom stereocenters. The van der Waals surface area contributed by atoms with Crippen LogP contribution in [0.2, 0.25) is 0 Å². The molecule has 6 heteroatoms. The van der Waals surface area contributed by atoms with Gasteiger partial charge in [-0.05, 0) is 61.6 Å². The highest BCUT2D eigenvalue weighted by molar-refractivity contribution is 5.29. The van der Waals surface area contributed by atoms with Gasteiger partial charge in [-0.15, -0.1) is 0 Å². The van der Waals surface area contributed by atoms with Gasteiger partial charge in [0.2, 0.25) is 0 Å². The topological polar surface area (TPSA) is 9.23 Å². The van der Waals surface area contributed by atoms with Gasteiger partial charge in [0.25, 0.3) is 0 Å². The summed E-state index contributed by atoms with van der Waals surface area (Å²) in [5.41, 5.74) is 1.09. The fourth-order valence-corrected chi connectivity index (χ4v) is 3.10. The summed E-state index contributed by atoms with van der Waals surface area (Å²) in [6.45, 7) is -2.82. The molecular formula is C18H21F5O. The van der Waals surface area contributed by atoms with E-state index >= 15 is 0 Å². The molecule has 1 aromatic carbocycles. The second kappa shape index (κ2) is 8.49. The number of hydrogen-bond acceptors (Lipinski definition) is 1.